The summed E-state index contributed by atoms with van der Waals surface area (Å²) in [6, 6.07) is 7.46. The Kier molecular flexibility index (Phi) is 3.62. The molecular formula is C12H8Br2OS. The van der Waals surface area contributed by atoms with Crippen molar-refractivity contribution in [3.63, 3.8) is 0 Å². The summed E-state index contributed by atoms with van der Waals surface area (Å²) in [4.78, 5) is 13.3. The molecule has 0 saturated heterocycles. The molecule has 16 heavy (non-hydrogen) atoms. The molecule has 1 heterocycles. The predicted molar refractivity (Wildman–Crippen MR) is 74.3 cm³/mol. The van der Waals surface area contributed by atoms with Gasteiger partial charge in [0.1, 0.15) is 0 Å². The Morgan fingerprint density at radius 2 is 1.94 bits per heavy atom. The number of rotatable bonds is 2. The first kappa shape index (κ1) is 12.0. The van der Waals surface area contributed by atoms with E-state index < -0.39 is 0 Å². The maximum absolute atomic E-state index is 12.2. The van der Waals surface area contributed by atoms with E-state index in [4.69, 9.17) is 0 Å². The van der Waals surface area contributed by atoms with E-state index >= 15 is 0 Å². The highest BCUT2D eigenvalue weighted by Gasteiger charge is 2.15. The van der Waals surface area contributed by atoms with Crippen molar-refractivity contribution in [1.29, 1.82) is 0 Å². The standard InChI is InChI=1S/C12H8Br2OS/c1-7-9(4-5-16-7)12(15)10-3-2-8(13)6-11(10)14/h2-6H,1H3. The molecule has 4 heteroatoms. The van der Waals surface area contributed by atoms with E-state index in [2.05, 4.69) is 31.9 Å². The summed E-state index contributed by atoms with van der Waals surface area (Å²) in [5, 5.41) is 1.94. The van der Waals surface area contributed by atoms with Crippen LogP contribution in [0.15, 0.2) is 38.6 Å². The van der Waals surface area contributed by atoms with Gasteiger partial charge >= 0.3 is 0 Å². The lowest BCUT2D eigenvalue weighted by molar-refractivity contribution is 0.103. The van der Waals surface area contributed by atoms with Crippen molar-refractivity contribution in [3.8, 4) is 0 Å². The van der Waals surface area contributed by atoms with Crippen molar-refractivity contribution in [2.24, 2.45) is 0 Å². The van der Waals surface area contributed by atoms with Crippen LogP contribution in [0.2, 0.25) is 0 Å². The number of halogens is 2. The fraction of sp³-hybridized carbons (Fsp3) is 0.0833. The molecule has 0 N–H and O–H groups in total. The quantitative estimate of drug-likeness (QED) is 0.703. The van der Waals surface area contributed by atoms with Crippen molar-refractivity contribution < 1.29 is 4.79 Å². The highest BCUT2D eigenvalue weighted by Crippen LogP contribution is 2.26. The molecule has 2 rings (SSSR count). The Bertz CT molecular complexity index is 546. The Labute approximate surface area is 115 Å². The molecule has 0 aliphatic carbocycles. The lowest BCUT2D eigenvalue weighted by atomic mass is 10.0. The van der Waals surface area contributed by atoms with E-state index in [0.717, 1.165) is 19.4 Å². The maximum atomic E-state index is 12.2. The van der Waals surface area contributed by atoms with E-state index in [-0.39, 0.29) is 5.78 Å². The summed E-state index contributed by atoms with van der Waals surface area (Å²) in [5.41, 5.74) is 1.48. The summed E-state index contributed by atoms with van der Waals surface area (Å²) >= 11 is 8.37. The molecule has 1 aromatic heterocycles. The fourth-order valence-electron chi connectivity index (χ4n) is 1.44. The Hall–Kier alpha value is -0.450. The molecule has 1 nitrogen and oxygen atoms in total. The Morgan fingerprint density at radius 1 is 1.19 bits per heavy atom. The number of carbonyl (C=O) groups excluding carboxylic acids is 1. The summed E-state index contributed by atoms with van der Waals surface area (Å²) in [7, 11) is 0. The molecule has 0 aliphatic heterocycles. The van der Waals surface area contributed by atoms with Gasteiger partial charge in [0, 0.05) is 24.9 Å². The van der Waals surface area contributed by atoms with Crippen LogP contribution in [-0.4, -0.2) is 5.78 Å². The van der Waals surface area contributed by atoms with Crippen LogP contribution in [0.25, 0.3) is 0 Å². The smallest absolute Gasteiger partial charge is 0.195 e. The van der Waals surface area contributed by atoms with E-state index in [1.807, 2.05) is 36.6 Å². The van der Waals surface area contributed by atoms with Gasteiger partial charge in [-0.05, 0) is 52.5 Å². The number of aryl methyl sites for hydroxylation is 1. The molecule has 0 spiro atoms. The van der Waals surface area contributed by atoms with Gasteiger partial charge in [-0.3, -0.25) is 4.79 Å². The SMILES string of the molecule is Cc1sccc1C(=O)c1ccc(Br)cc1Br. The van der Waals surface area contributed by atoms with Crippen LogP contribution in [0.4, 0.5) is 0 Å². The van der Waals surface area contributed by atoms with Crippen molar-refractivity contribution in [2.75, 3.05) is 0 Å². The molecule has 0 atom stereocenters. The molecule has 0 bridgehead atoms. The lowest BCUT2D eigenvalue weighted by Crippen LogP contribution is -2.02. The molecule has 0 amide bonds. The molecule has 0 aliphatic rings. The van der Waals surface area contributed by atoms with Crippen molar-refractivity contribution >= 4 is 49.0 Å². The molecule has 2 aromatic rings. The predicted octanol–water partition coefficient (Wildman–Crippen LogP) is 4.81. The number of ketones is 1. The van der Waals surface area contributed by atoms with Crippen LogP contribution in [0.3, 0.4) is 0 Å². The highest BCUT2D eigenvalue weighted by atomic mass is 79.9. The summed E-state index contributed by atoms with van der Waals surface area (Å²) in [5.74, 6) is 0.0677. The molecule has 0 saturated carbocycles. The average Bonchev–Trinajstić information content (AvgIpc) is 2.63. The number of carbonyl (C=O) groups is 1. The first-order chi connectivity index (χ1) is 7.59. The van der Waals surface area contributed by atoms with E-state index in [0.29, 0.717) is 5.56 Å². The number of hydrogen-bond acceptors (Lipinski definition) is 2. The molecule has 0 fully saturated rings. The normalized spacial score (nSPS) is 10.4. The van der Waals surface area contributed by atoms with Crippen LogP contribution >= 0.6 is 43.2 Å². The van der Waals surface area contributed by atoms with Crippen molar-refractivity contribution in [2.45, 2.75) is 6.92 Å². The van der Waals surface area contributed by atoms with Gasteiger partial charge in [-0.25, -0.2) is 0 Å². The van der Waals surface area contributed by atoms with Crippen LogP contribution < -0.4 is 0 Å². The minimum atomic E-state index is 0.0677. The van der Waals surface area contributed by atoms with Gasteiger partial charge in [0.2, 0.25) is 0 Å². The molecule has 82 valence electrons. The average molecular weight is 360 g/mol. The summed E-state index contributed by atoms with van der Waals surface area (Å²) < 4.78 is 1.77. The second-order valence-corrected chi connectivity index (χ2v) is 6.23. The molecule has 0 unspecified atom stereocenters. The third kappa shape index (κ3) is 2.29. The van der Waals surface area contributed by atoms with E-state index in [9.17, 15) is 4.79 Å². The summed E-state index contributed by atoms with van der Waals surface area (Å²) in [6.45, 7) is 1.96. The van der Waals surface area contributed by atoms with Gasteiger partial charge in [0.05, 0.1) is 0 Å². The lowest BCUT2D eigenvalue weighted by Gasteiger charge is -2.03. The minimum Gasteiger partial charge on any atom is -0.289 e. The Morgan fingerprint density at radius 3 is 2.50 bits per heavy atom. The Balaban J connectivity index is 2.46. The number of benzene rings is 1. The monoisotopic (exact) mass is 358 g/mol. The third-order valence-electron chi connectivity index (χ3n) is 2.28. The van der Waals surface area contributed by atoms with Gasteiger partial charge < -0.3 is 0 Å². The van der Waals surface area contributed by atoms with Crippen LogP contribution in [0, 0.1) is 6.92 Å². The topological polar surface area (TPSA) is 17.1 Å². The minimum absolute atomic E-state index is 0.0677. The zero-order chi connectivity index (χ0) is 11.7. The fourth-order valence-corrected chi connectivity index (χ4v) is 3.36. The number of thiophene rings is 1. The summed E-state index contributed by atoms with van der Waals surface area (Å²) in [6.07, 6.45) is 0. The third-order valence-corrected chi connectivity index (χ3v) is 4.27. The number of hydrogen-bond donors (Lipinski definition) is 0. The first-order valence-corrected chi connectivity index (χ1v) is 7.10. The zero-order valence-electron chi connectivity index (χ0n) is 8.46. The van der Waals surface area contributed by atoms with Crippen LogP contribution in [-0.2, 0) is 0 Å². The van der Waals surface area contributed by atoms with E-state index in [1.165, 1.54) is 0 Å². The molecule has 1 aromatic carbocycles. The van der Waals surface area contributed by atoms with E-state index in [1.54, 1.807) is 11.3 Å². The molecule has 0 radical (unpaired) electrons. The van der Waals surface area contributed by atoms with Gasteiger partial charge in [-0.15, -0.1) is 11.3 Å². The van der Waals surface area contributed by atoms with Gasteiger partial charge in [0.25, 0.3) is 0 Å². The van der Waals surface area contributed by atoms with Gasteiger partial charge in [0.15, 0.2) is 5.78 Å². The first-order valence-electron chi connectivity index (χ1n) is 4.63. The van der Waals surface area contributed by atoms with Crippen molar-refractivity contribution in [3.05, 3.63) is 54.6 Å². The van der Waals surface area contributed by atoms with Gasteiger partial charge in [-0.2, -0.15) is 0 Å². The van der Waals surface area contributed by atoms with Crippen LogP contribution in [0.1, 0.15) is 20.8 Å². The highest BCUT2D eigenvalue weighted by molar-refractivity contribution is 9.11. The second kappa shape index (κ2) is 4.82. The van der Waals surface area contributed by atoms with Crippen molar-refractivity contribution in [1.82, 2.24) is 0 Å². The van der Waals surface area contributed by atoms with Crippen LogP contribution in [0.5, 0.6) is 0 Å². The molecular weight excluding hydrogens is 352 g/mol. The second-order valence-electron chi connectivity index (χ2n) is 3.34. The largest absolute Gasteiger partial charge is 0.289 e. The maximum Gasteiger partial charge on any atom is 0.195 e. The zero-order valence-corrected chi connectivity index (χ0v) is 12.4. The van der Waals surface area contributed by atoms with Gasteiger partial charge in [-0.1, -0.05) is 15.9 Å².